The van der Waals surface area contributed by atoms with Crippen LogP contribution in [0.4, 0.5) is 0 Å². The molecular weight excluding hydrogens is 394 g/mol. The molecule has 2 fully saturated rings. The van der Waals surface area contributed by atoms with Gasteiger partial charge in [0.2, 0.25) is 11.8 Å². The third kappa shape index (κ3) is 5.26. The third-order valence-electron chi connectivity index (χ3n) is 6.09. The van der Waals surface area contributed by atoms with Gasteiger partial charge in [-0.05, 0) is 31.7 Å². The molecule has 170 valence electrons. The quantitative estimate of drug-likeness (QED) is 0.702. The van der Waals surface area contributed by atoms with Gasteiger partial charge in [0, 0.05) is 32.6 Å². The molecule has 0 saturated carbocycles. The fraction of sp³-hybridized carbons (Fsp3) is 0.625. The van der Waals surface area contributed by atoms with E-state index < -0.39 is 18.0 Å². The Balaban J connectivity index is 2.01. The van der Waals surface area contributed by atoms with Crippen molar-refractivity contribution in [3.8, 4) is 0 Å². The van der Waals surface area contributed by atoms with Crippen molar-refractivity contribution in [3.05, 3.63) is 35.4 Å². The molecule has 3 atom stereocenters. The van der Waals surface area contributed by atoms with Crippen LogP contribution in [0.3, 0.4) is 0 Å². The summed E-state index contributed by atoms with van der Waals surface area (Å²) in [6, 6.07) is 6.73. The lowest BCUT2D eigenvalue weighted by Crippen LogP contribution is -2.53. The van der Waals surface area contributed by atoms with Gasteiger partial charge in [0.15, 0.2) is 0 Å². The summed E-state index contributed by atoms with van der Waals surface area (Å²) in [6.45, 7) is 10.7. The van der Waals surface area contributed by atoms with Gasteiger partial charge in [-0.25, -0.2) is 0 Å². The van der Waals surface area contributed by atoms with E-state index in [1.54, 1.807) is 11.8 Å². The Morgan fingerprint density at radius 3 is 2.35 bits per heavy atom. The van der Waals surface area contributed by atoms with E-state index in [1.807, 2.05) is 49.9 Å². The lowest BCUT2D eigenvalue weighted by Gasteiger charge is -2.35. The van der Waals surface area contributed by atoms with Gasteiger partial charge in [0.25, 0.3) is 0 Å². The maximum absolute atomic E-state index is 13.5. The van der Waals surface area contributed by atoms with E-state index >= 15 is 0 Å². The van der Waals surface area contributed by atoms with E-state index in [9.17, 15) is 14.4 Å². The van der Waals surface area contributed by atoms with E-state index in [-0.39, 0.29) is 30.3 Å². The SMILES string of the molecule is CCOC(=O)C1CC(C(=O)N2CCNCC2)N(C(=O)CC(C)C)C1c1ccc(C)cc1. The molecule has 2 amide bonds. The molecule has 0 aromatic heterocycles. The number of ether oxygens (including phenoxy) is 1. The summed E-state index contributed by atoms with van der Waals surface area (Å²) in [6.07, 6.45) is 0.632. The van der Waals surface area contributed by atoms with Crippen molar-refractivity contribution in [1.29, 1.82) is 0 Å². The third-order valence-corrected chi connectivity index (χ3v) is 6.09. The van der Waals surface area contributed by atoms with E-state index in [0.717, 1.165) is 24.2 Å². The number of hydrogen-bond acceptors (Lipinski definition) is 5. The van der Waals surface area contributed by atoms with Crippen LogP contribution in [-0.4, -0.2) is 66.4 Å². The molecular formula is C24H35N3O4. The highest BCUT2D eigenvalue weighted by atomic mass is 16.5. The fourth-order valence-corrected chi connectivity index (χ4v) is 4.60. The van der Waals surface area contributed by atoms with Crippen LogP contribution < -0.4 is 5.32 Å². The number of hydrogen-bond donors (Lipinski definition) is 1. The number of benzene rings is 1. The number of carbonyl (C=O) groups is 3. The van der Waals surface area contributed by atoms with Crippen LogP contribution in [0.5, 0.6) is 0 Å². The van der Waals surface area contributed by atoms with Crippen molar-refractivity contribution < 1.29 is 19.1 Å². The molecule has 1 aromatic rings. The standard InChI is InChI=1S/C24H35N3O4/c1-5-31-24(30)19-15-20(23(29)26-12-10-25-11-13-26)27(21(28)14-16(2)3)22(19)18-8-6-17(4)7-9-18/h6-9,16,19-20,22,25H,5,10-15H2,1-4H3. The number of nitrogens with zero attached hydrogens (tertiary/aromatic N) is 2. The number of piperazine rings is 1. The summed E-state index contributed by atoms with van der Waals surface area (Å²) in [5, 5.41) is 3.26. The minimum absolute atomic E-state index is 0.0671. The molecule has 0 bridgehead atoms. The Morgan fingerprint density at radius 1 is 1.13 bits per heavy atom. The van der Waals surface area contributed by atoms with E-state index in [2.05, 4.69) is 5.32 Å². The maximum Gasteiger partial charge on any atom is 0.311 e. The zero-order valence-electron chi connectivity index (χ0n) is 19.1. The molecule has 0 aliphatic carbocycles. The molecule has 7 nitrogen and oxygen atoms in total. The minimum atomic E-state index is -0.648. The van der Waals surface area contributed by atoms with Crippen LogP contribution in [0, 0.1) is 18.8 Å². The van der Waals surface area contributed by atoms with Crippen LogP contribution in [0.25, 0.3) is 0 Å². The first kappa shape index (κ1) is 23.3. The molecule has 2 aliphatic rings. The molecule has 7 heteroatoms. The number of amides is 2. The molecule has 3 unspecified atom stereocenters. The van der Waals surface area contributed by atoms with Gasteiger partial charge in [-0.15, -0.1) is 0 Å². The van der Waals surface area contributed by atoms with Crippen molar-refractivity contribution in [2.45, 2.75) is 52.6 Å². The Morgan fingerprint density at radius 2 is 1.77 bits per heavy atom. The predicted octanol–water partition coefficient (Wildman–Crippen LogP) is 2.29. The van der Waals surface area contributed by atoms with Gasteiger partial charge < -0.3 is 19.9 Å². The maximum atomic E-state index is 13.5. The summed E-state index contributed by atoms with van der Waals surface area (Å²) in [7, 11) is 0. The van der Waals surface area contributed by atoms with E-state index in [0.29, 0.717) is 25.9 Å². The first-order valence-corrected chi connectivity index (χ1v) is 11.4. The lowest BCUT2D eigenvalue weighted by molar-refractivity contribution is -0.150. The Kier molecular flexibility index (Phi) is 7.70. The summed E-state index contributed by atoms with van der Waals surface area (Å²) in [5.41, 5.74) is 1.97. The van der Waals surface area contributed by atoms with E-state index in [1.165, 1.54) is 0 Å². The molecule has 2 saturated heterocycles. The van der Waals surface area contributed by atoms with Crippen molar-refractivity contribution in [2.75, 3.05) is 32.8 Å². The molecule has 31 heavy (non-hydrogen) atoms. The van der Waals surface area contributed by atoms with Crippen LogP contribution >= 0.6 is 0 Å². The Hall–Kier alpha value is -2.41. The summed E-state index contributed by atoms with van der Waals surface area (Å²) in [5.74, 6) is -0.896. The van der Waals surface area contributed by atoms with Gasteiger partial charge in [-0.2, -0.15) is 0 Å². The number of aryl methyl sites for hydroxylation is 1. The number of nitrogens with one attached hydrogen (secondary N) is 1. The Bertz CT molecular complexity index is 787. The fourth-order valence-electron chi connectivity index (χ4n) is 4.60. The number of carbonyl (C=O) groups excluding carboxylic acids is 3. The van der Waals surface area contributed by atoms with Gasteiger partial charge in [0.05, 0.1) is 18.6 Å². The first-order chi connectivity index (χ1) is 14.8. The Labute approximate surface area is 185 Å². The van der Waals surface area contributed by atoms with Crippen molar-refractivity contribution in [1.82, 2.24) is 15.1 Å². The van der Waals surface area contributed by atoms with Crippen molar-refractivity contribution in [2.24, 2.45) is 11.8 Å². The van der Waals surface area contributed by atoms with Gasteiger partial charge in [-0.3, -0.25) is 14.4 Å². The second-order valence-corrected chi connectivity index (χ2v) is 8.94. The molecule has 3 rings (SSSR count). The number of esters is 1. The molecule has 1 N–H and O–H groups in total. The smallest absolute Gasteiger partial charge is 0.311 e. The van der Waals surface area contributed by atoms with Crippen LogP contribution in [0.2, 0.25) is 0 Å². The molecule has 2 aliphatic heterocycles. The topological polar surface area (TPSA) is 79.0 Å². The zero-order chi connectivity index (χ0) is 22.5. The first-order valence-electron chi connectivity index (χ1n) is 11.4. The normalized spacial score (nSPS) is 23.8. The zero-order valence-corrected chi connectivity index (χ0v) is 19.1. The van der Waals surface area contributed by atoms with Gasteiger partial charge in [-0.1, -0.05) is 43.7 Å². The van der Waals surface area contributed by atoms with Gasteiger partial charge >= 0.3 is 5.97 Å². The van der Waals surface area contributed by atoms with E-state index in [4.69, 9.17) is 4.74 Å². The summed E-state index contributed by atoms with van der Waals surface area (Å²) >= 11 is 0. The van der Waals surface area contributed by atoms with Crippen LogP contribution in [0.1, 0.15) is 50.8 Å². The average molecular weight is 430 g/mol. The van der Waals surface area contributed by atoms with Gasteiger partial charge in [0.1, 0.15) is 6.04 Å². The second-order valence-electron chi connectivity index (χ2n) is 8.94. The molecule has 0 radical (unpaired) electrons. The van der Waals surface area contributed by atoms with Crippen molar-refractivity contribution in [3.63, 3.8) is 0 Å². The summed E-state index contributed by atoms with van der Waals surface area (Å²) in [4.78, 5) is 43.4. The highest BCUT2D eigenvalue weighted by Crippen LogP contribution is 2.43. The average Bonchev–Trinajstić information content (AvgIpc) is 3.15. The van der Waals surface area contributed by atoms with Crippen LogP contribution in [-0.2, 0) is 19.1 Å². The van der Waals surface area contributed by atoms with Crippen molar-refractivity contribution >= 4 is 17.8 Å². The minimum Gasteiger partial charge on any atom is -0.466 e. The molecule has 1 aromatic carbocycles. The molecule has 0 spiro atoms. The monoisotopic (exact) mass is 429 g/mol. The number of likely N-dealkylation sites (tertiary alicyclic amines) is 1. The van der Waals surface area contributed by atoms with Crippen LogP contribution in [0.15, 0.2) is 24.3 Å². The molecule has 2 heterocycles. The number of rotatable bonds is 6. The lowest BCUT2D eigenvalue weighted by atomic mass is 9.92. The summed E-state index contributed by atoms with van der Waals surface area (Å²) < 4.78 is 5.37. The largest absolute Gasteiger partial charge is 0.466 e. The highest BCUT2D eigenvalue weighted by Gasteiger charge is 2.51. The highest BCUT2D eigenvalue weighted by molar-refractivity contribution is 5.91. The predicted molar refractivity (Wildman–Crippen MR) is 118 cm³/mol. The second kappa shape index (κ2) is 10.3.